The molecule has 0 spiro atoms. The van der Waals surface area contributed by atoms with Crippen molar-refractivity contribution in [2.75, 3.05) is 13.6 Å². The molecular weight excluding hydrogens is 200 g/mol. The lowest BCUT2D eigenvalue weighted by Gasteiger charge is -1.98. The Morgan fingerprint density at radius 1 is 1.62 bits per heavy atom. The smallest absolute Gasteiger partial charge is 0.266 e. The van der Waals surface area contributed by atoms with E-state index in [2.05, 4.69) is 10.4 Å². The Labute approximate surface area is 81.5 Å². The molecule has 1 N–H and O–H groups in total. The minimum atomic E-state index is -2.42. The van der Waals surface area contributed by atoms with Crippen LogP contribution in [0.5, 0.6) is 0 Å². The quantitative estimate of drug-likeness (QED) is 0.817. The molecule has 0 saturated heterocycles. The van der Waals surface area contributed by atoms with Crippen molar-refractivity contribution < 1.29 is 8.78 Å². The Morgan fingerprint density at radius 3 is 2.77 bits per heavy atom. The van der Waals surface area contributed by atoms with Crippen molar-refractivity contribution in [2.24, 2.45) is 0 Å². The number of rotatable bonds is 4. The minimum absolute atomic E-state index is 0. The highest BCUT2D eigenvalue weighted by Crippen LogP contribution is 2.16. The SMILES string of the molecule is CNCCn1cc(C(F)F)cn1.Cl. The first-order chi connectivity index (χ1) is 5.74. The number of likely N-dealkylation sites (N-methyl/N-ethyl adjacent to an activating group) is 1. The lowest BCUT2D eigenvalue weighted by molar-refractivity contribution is 0.151. The molecule has 0 atom stereocenters. The van der Waals surface area contributed by atoms with Gasteiger partial charge in [0.2, 0.25) is 0 Å². The fourth-order valence-corrected chi connectivity index (χ4v) is 0.841. The highest BCUT2D eigenvalue weighted by molar-refractivity contribution is 5.85. The van der Waals surface area contributed by atoms with Gasteiger partial charge in [0.05, 0.1) is 18.3 Å². The number of alkyl halides is 2. The average molecular weight is 212 g/mol. The van der Waals surface area contributed by atoms with Gasteiger partial charge in [-0.3, -0.25) is 4.68 Å². The van der Waals surface area contributed by atoms with Gasteiger partial charge in [-0.1, -0.05) is 0 Å². The normalized spacial score (nSPS) is 10.2. The van der Waals surface area contributed by atoms with E-state index in [1.165, 1.54) is 17.1 Å². The lowest BCUT2D eigenvalue weighted by atomic mass is 10.4. The van der Waals surface area contributed by atoms with E-state index >= 15 is 0 Å². The third-order valence-corrected chi connectivity index (χ3v) is 1.50. The minimum Gasteiger partial charge on any atom is -0.318 e. The van der Waals surface area contributed by atoms with Crippen LogP contribution in [0.2, 0.25) is 0 Å². The number of aromatic nitrogens is 2. The van der Waals surface area contributed by atoms with E-state index in [9.17, 15) is 8.78 Å². The fraction of sp³-hybridized carbons (Fsp3) is 0.571. The maximum atomic E-state index is 12.0. The van der Waals surface area contributed by atoms with Gasteiger partial charge in [-0.05, 0) is 7.05 Å². The van der Waals surface area contributed by atoms with E-state index < -0.39 is 6.43 Å². The van der Waals surface area contributed by atoms with E-state index in [4.69, 9.17) is 0 Å². The highest BCUT2D eigenvalue weighted by Gasteiger charge is 2.08. The third-order valence-electron chi connectivity index (χ3n) is 1.50. The van der Waals surface area contributed by atoms with Crippen LogP contribution in [0.4, 0.5) is 8.78 Å². The summed E-state index contributed by atoms with van der Waals surface area (Å²) in [5.74, 6) is 0. The average Bonchev–Trinajstić information content (AvgIpc) is 2.48. The molecule has 0 aliphatic carbocycles. The molecule has 1 aromatic heterocycles. The first-order valence-corrected chi connectivity index (χ1v) is 3.69. The Bertz CT molecular complexity index is 239. The molecule has 0 aliphatic rings. The number of nitrogens with zero attached hydrogens (tertiary/aromatic N) is 2. The van der Waals surface area contributed by atoms with Crippen LogP contribution in [-0.2, 0) is 6.54 Å². The summed E-state index contributed by atoms with van der Waals surface area (Å²) in [5, 5.41) is 6.68. The van der Waals surface area contributed by atoms with Crippen molar-refractivity contribution in [2.45, 2.75) is 13.0 Å². The maximum Gasteiger partial charge on any atom is 0.266 e. The van der Waals surface area contributed by atoms with E-state index in [0.29, 0.717) is 6.54 Å². The zero-order chi connectivity index (χ0) is 8.97. The summed E-state index contributed by atoms with van der Waals surface area (Å²) >= 11 is 0. The number of hydrogen-bond acceptors (Lipinski definition) is 2. The molecule has 1 aromatic rings. The van der Waals surface area contributed by atoms with Crippen molar-refractivity contribution in [1.29, 1.82) is 0 Å². The molecule has 0 unspecified atom stereocenters. The summed E-state index contributed by atoms with van der Waals surface area (Å²) in [5.41, 5.74) is -0.0221. The molecule has 13 heavy (non-hydrogen) atoms. The van der Waals surface area contributed by atoms with E-state index in [1.54, 1.807) is 7.05 Å². The summed E-state index contributed by atoms with van der Waals surface area (Å²) in [6.45, 7) is 1.34. The second kappa shape index (κ2) is 5.88. The monoisotopic (exact) mass is 211 g/mol. The van der Waals surface area contributed by atoms with Crippen LogP contribution in [0, 0.1) is 0 Å². The third kappa shape index (κ3) is 3.69. The molecule has 0 aliphatic heterocycles. The predicted octanol–water partition coefficient (Wildman–Crippen LogP) is 1.46. The second-order valence-electron chi connectivity index (χ2n) is 2.44. The predicted molar refractivity (Wildman–Crippen MR) is 48.4 cm³/mol. The second-order valence-corrected chi connectivity index (χ2v) is 2.44. The van der Waals surface area contributed by atoms with Crippen LogP contribution >= 0.6 is 12.4 Å². The van der Waals surface area contributed by atoms with E-state index in [-0.39, 0.29) is 18.0 Å². The zero-order valence-electron chi connectivity index (χ0n) is 7.20. The molecule has 0 aromatic carbocycles. The van der Waals surface area contributed by atoms with Crippen LogP contribution in [0.25, 0.3) is 0 Å². The molecule has 3 nitrogen and oxygen atoms in total. The number of nitrogens with one attached hydrogen (secondary N) is 1. The molecule has 0 fully saturated rings. The largest absolute Gasteiger partial charge is 0.318 e. The molecule has 76 valence electrons. The van der Waals surface area contributed by atoms with Gasteiger partial charge in [-0.25, -0.2) is 8.78 Å². The highest BCUT2D eigenvalue weighted by atomic mass is 35.5. The summed E-state index contributed by atoms with van der Waals surface area (Å²) in [4.78, 5) is 0. The van der Waals surface area contributed by atoms with E-state index in [1.807, 2.05) is 0 Å². The first-order valence-electron chi connectivity index (χ1n) is 3.69. The van der Waals surface area contributed by atoms with Crippen LogP contribution in [0.3, 0.4) is 0 Å². The van der Waals surface area contributed by atoms with Crippen molar-refractivity contribution in [3.05, 3.63) is 18.0 Å². The number of halogens is 3. The molecule has 0 saturated carbocycles. The fourth-order valence-electron chi connectivity index (χ4n) is 0.841. The van der Waals surface area contributed by atoms with Crippen LogP contribution in [0.1, 0.15) is 12.0 Å². The van der Waals surface area contributed by atoms with Gasteiger partial charge in [0.1, 0.15) is 0 Å². The Morgan fingerprint density at radius 2 is 2.31 bits per heavy atom. The van der Waals surface area contributed by atoms with Gasteiger partial charge in [-0.15, -0.1) is 12.4 Å². The topological polar surface area (TPSA) is 29.9 Å². The van der Waals surface area contributed by atoms with Gasteiger partial charge in [0.15, 0.2) is 0 Å². The van der Waals surface area contributed by atoms with Crippen LogP contribution in [-0.4, -0.2) is 23.4 Å². The first kappa shape index (κ1) is 12.3. The summed E-state index contributed by atoms with van der Waals surface area (Å²) in [7, 11) is 1.80. The molecule has 1 rings (SSSR count). The van der Waals surface area contributed by atoms with Gasteiger partial charge < -0.3 is 5.32 Å². The van der Waals surface area contributed by atoms with Crippen LogP contribution in [0.15, 0.2) is 12.4 Å². The Balaban J connectivity index is 0.00000144. The van der Waals surface area contributed by atoms with Gasteiger partial charge in [-0.2, -0.15) is 5.10 Å². The zero-order valence-corrected chi connectivity index (χ0v) is 8.02. The molecule has 1 heterocycles. The molecule has 6 heteroatoms. The Kier molecular flexibility index (Phi) is 5.57. The van der Waals surface area contributed by atoms with Crippen molar-refractivity contribution >= 4 is 12.4 Å². The Hall–Kier alpha value is -0.680. The van der Waals surface area contributed by atoms with Gasteiger partial charge >= 0.3 is 0 Å². The van der Waals surface area contributed by atoms with Gasteiger partial charge in [0.25, 0.3) is 6.43 Å². The van der Waals surface area contributed by atoms with Gasteiger partial charge in [0, 0.05) is 12.7 Å². The molecule has 0 bridgehead atoms. The summed E-state index contributed by atoms with van der Waals surface area (Å²) < 4.78 is 25.6. The summed E-state index contributed by atoms with van der Waals surface area (Å²) in [6, 6.07) is 0. The molecule has 0 radical (unpaired) electrons. The summed E-state index contributed by atoms with van der Waals surface area (Å²) in [6.07, 6.45) is 0.135. The van der Waals surface area contributed by atoms with Crippen molar-refractivity contribution in [1.82, 2.24) is 15.1 Å². The van der Waals surface area contributed by atoms with E-state index in [0.717, 1.165) is 6.54 Å². The van der Waals surface area contributed by atoms with Crippen molar-refractivity contribution in [3.8, 4) is 0 Å². The molecular formula is C7H12ClF2N3. The van der Waals surface area contributed by atoms with Crippen LogP contribution < -0.4 is 5.32 Å². The van der Waals surface area contributed by atoms with Crippen molar-refractivity contribution in [3.63, 3.8) is 0 Å². The lowest BCUT2D eigenvalue weighted by Crippen LogP contribution is -2.14. The standard InChI is InChI=1S/C7H11F2N3.ClH/c1-10-2-3-12-5-6(4-11-12)7(8)9;/h4-5,7,10H,2-3H2,1H3;1H. The molecule has 0 amide bonds. The maximum absolute atomic E-state index is 12.0. The number of hydrogen-bond donors (Lipinski definition) is 1.